The molecule has 0 amide bonds. The summed E-state index contributed by atoms with van der Waals surface area (Å²) in [5, 5.41) is 10.7. The van der Waals surface area contributed by atoms with Gasteiger partial charge < -0.3 is 15.2 Å². The van der Waals surface area contributed by atoms with E-state index in [0.717, 1.165) is 30.0 Å². The second-order valence-corrected chi connectivity index (χ2v) is 6.42. The molecule has 0 aromatic carbocycles. The van der Waals surface area contributed by atoms with Gasteiger partial charge in [0.1, 0.15) is 0 Å². The lowest BCUT2D eigenvalue weighted by Crippen LogP contribution is -2.45. The fraction of sp³-hybridized carbons (Fsp3) is 0.750. The highest BCUT2D eigenvalue weighted by Gasteiger charge is 2.30. The third-order valence-electron chi connectivity index (χ3n) is 4.73. The van der Waals surface area contributed by atoms with Crippen LogP contribution >= 0.6 is 24.0 Å². The van der Waals surface area contributed by atoms with Crippen molar-refractivity contribution in [1.29, 1.82) is 0 Å². The summed E-state index contributed by atoms with van der Waals surface area (Å²) in [7, 11) is 1.81. The van der Waals surface area contributed by atoms with E-state index in [9.17, 15) is 0 Å². The molecule has 1 atom stereocenters. The molecule has 1 saturated heterocycles. The fourth-order valence-electron chi connectivity index (χ4n) is 3.56. The van der Waals surface area contributed by atoms with Crippen molar-refractivity contribution in [2.75, 3.05) is 20.1 Å². The minimum Gasteiger partial charge on any atom is -0.359 e. The summed E-state index contributed by atoms with van der Waals surface area (Å²) in [6, 6.07) is 3.25. The number of aromatic nitrogens is 1. The van der Waals surface area contributed by atoms with Crippen LogP contribution in [0.1, 0.15) is 43.6 Å². The van der Waals surface area contributed by atoms with Crippen LogP contribution in [0.3, 0.4) is 0 Å². The van der Waals surface area contributed by atoms with E-state index < -0.39 is 0 Å². The molecule has 1 unspecified atom stereocenters. The summed E-state index contributed by atoms with van der Waals surface area (Å²) in [4.78, 5) is 6.96. The normalized spacial score (nSPS) is 23.0. The van der Waals surface area contributed by atoms with Gasteiger partial charge in [0, 0.05) is 38.3 Å². The van der Waals surface area contributed by atoms with E-state index in [4.69, 9.17) is 4.52 Å². The maximum atomic E-state index is 5.21. The third kappa shape index (κ3) is 5.07. The van der Waals surface area contributed by atoms with Crippen LogP contribution in [0.2, 0.25) is 0 Å². The Bertz CT molecular complexity index is 512. The molecule has 6 nitrogen and oxygen atoms in total. The Kier molecular flexibility index (Phi) is 7.13. The highest BCUT2D eigenvalue weighted by Crippen LogP contribution is 2.26. The van der Waals surface area contributed by atoms with Gasteiger partial charge in [-0.25, -0.2) is 0 Å². The lowest BCUT2D eigenvalue weighted by atomic mass is 10.2. The average molecular weight is 433 g/mol. The Balaban J connectivity index is 0.00000192. The molecule has 1 aliphatic heterocycles. The van der Waals surface area contributed by atoms with E-state index in [-0.39, 0.29) is 24.0 Å². The van der Waals surface area contributed by atoms with Gasteiger partial charge >= 0.3 is 0 Å². The van der Waals surface area contributed by atoms with Crippen LogP contribution in [0, 0.1) is 6.92 Å². The number of nitrogens with one attached hydrogen (secondary N) is 2. The van der Waals surface area contributed by atoms with Gasteiger partial charge in [0.25, 0.3) is 0 Å². The Labute approximate surface area is 155 Å². The van der Waals surface area contributed by atoms with Crippen molar-refractivity contribution in [3.05, 3.63) is 17.5 Å². The summed E-state index contributed by atoms with van der Waals surface area (Å²) < 4.78 is 5.21. The van der Waals surface area contributed by atoms with E-state index in [1.807, 2.05) is 20.0 Å². The number of halogens is 1. The minimum absolute atomic E-state index is 0. The van der Waals surface area contributed by atoms with Crippen molar-refractivity contribution >= 4 is 29.9 Å². The van der Waals surface area contributed by atoms with Crippen molar-refractivity contribution < 1.29 is 4.52 Å². The highest BCUT2D eigenvalue weighted by atomic mass is 127. The SMILES string of the molecule is CN=C(NCc1cc(C)no1)NC1CCN(C2CCCC2)C1.I. The lowest BCUT2D eigenvalue weighted by Gasteiger charge is -2.24. The van der Waals surface area contributed by atoms with Crippen LogP contribution in [0.4, 0.5) is 0 Å². The first-order valence-electron chi connectivity index (χ1n) is 8.38. The zero-order chi connectivity index (χ0) is 15.4. The van der Waals surface area contributed by atoms with Crippen molar-refractivity contribution in [1.82, 2.24) is 20.7 Å². The quantitative estimate of drug-likeness (QED) is 0.434. The molecule has 2 heterocycles. The summed E-state index contributed by atoms with van der Waals surface area (Å²) in [5.41, 5.74) is 0.905. The molecule has 2 N–H and O–H groups in total. The molecule has 23 heavy (non-hydrogen) atoms. The largest absolute Gasteiger partial charge is 0.359 e. The fourth-order valence-corrected chi connectivity index (χ4v) is 3.56. The van der Waals surface area contributed by atoms with E-state index in [1.165, 1.54) is 38.6 Å². The number of hydrogen-bond acceptors (Lipinski definition) is 4. The highest BCUT2D eigenvalue weighted by molar-refractivity contribution is 14.0. The van der Waals surface area contributed by atoms with Crippen molar-refractivity contribution in [2.24, 2.45) is 4.99 Å². The molecule has 1 aromatic heterocycles. The molecule has 0 spiro atoms. The second-order valence-electron chi connectivity index (χ2n) is 6.42. The van der Waals surface area contributed by atoms with E-state index in [1.54, 1.807) is 0 Å². The lowest BCUT2D eigenvalue weighted by molar-refractivity contribution is 0.242. The monoisotopic (exact) mass is 433 g/mol. The molecule has 1 saturated carbocycles. The molecular weight excluding hydrogens is 405 g/mol. The number of aliphatic imine (C=N–C) groups is 1. The first kappa shape index (κ1) is 18.5. The standard InChI is InChI=1S/C16H27N5O.HI/c1-12-9-15(22-20-12)10-18-16(17-2)19-13-7-8-21(11-13)14-5-3-4-6-14;/h9,13-14H,3-8,10-11H2,1-2H3,(H2,17,18,19);1H. The summed E-state index contributed by atoms with van der Waals surface area (Å²) >= 11 is 0. The molecule has 0 radical (unpaired) electrons. The van der Waals surface area contributed by atoms with Crippen LogP contribution in [0.15, 0.2) is 15.6 Å². The van der Waals surface area contributed by atoms with E-state index >= 15 is 0 Å². The number of guanidine groups is 1. The van der Waals surface area contributed by atoms with Crippen LogP contribution in [-0.2, 0) is 6.54 Å². The Morgan fingerprint density at radius 3 is 2.83 bits per heavy atom. The first-order valence-corrected chi connectivity index (χ1v) is 8.38. The van der Waals surface area contributed by atoms with Gasteiger partial charge in [-0.2, -0.15) is 0 Å². The predicted molar refractivity (Wildman–Crippen MR) is 102 cm³/mol. The zero-order valence-corrected chi connectivity index (χ0v) is 16.4. The number of rotatable bonds is 4. The van der Waals surface area contributed by atoms with Gasteiger partial charge in [-0.05, 0) is 26.2 Å². The van der Waals surface area contributed by atoms with Crippen LogP contribution < -0.4 is 10.6 Å². The van der Waals surface area contributed by atoms with E-state index in [2.05, 4.69) is 25.7 Å². The number of aryl methyl sites for hydroxylation is 1. The molecule has 0 bridgehead atoms. The minimum atomic E-state index is 0. The molecular formula is C16H28IN5O. The maximum Gasteiger partial charge on any atom is 0.191 e. The van der Waals surface area contributed by atoms with Gasteiger partial charge in [0.05, 0.1) is 12.2 Å². The zero-order valence-electron chi connectivity index (χ0n) is 14.0. The number of hydrogen-bond donors (Lipinski definition) is 2. The van der Waals surface area contributed by atoms with Crippen molar-refractivity contribution in [2.45, 2.75) is 57.7 Å². The van der Waals surface area contributed by atoms with Gasteiger partial charge in [-0.1, -0.05) is 18.0 Å². The van der Waals surface area contributed by atoms with Crippen LogP contribution in [0.5, 0.6) is 0 Å². The average Bonchev–Trinajstić information content (AvgIpc) is 3.24. The van der Waals surface area contributed by atoms with Crippen LogP contribution in [-0.4, -0.2) is 48.2 Å². The molecule has 7 heteroatoms. The van der Waals surface area contributed by atoms with Gasteiger partial charge in [0.2, 0.25) is 0 Å². The van der Waals surface area contributed by atoms with Gasteiger partial charge in [-0.15, -0.1) is 24.0 Å². The number of likely N-dealkylation sites (tertiary alicyclic amines) is 1. The maximum absolute atomic E-state index is 5.21. The Morgan fingerprint density at radius 1 is 1.39 bits per heavy atom. The summed E-state index contributed by atoms with van der Waals surface area (Å²) in [6.07, 6.45) is 6.76. The summed E-state index contributed by atoms with van der Waals surface area (Å²) in [6.45, 7) is 4.88. The Morgan fingerprint density at radius 2 is 2.17 bits per heavy atom. The van der Waals surface area contributed by atoms with Crippen molar-refractivity contribution in [3.63, 3.8) is 0 Å². The molecule has 1 aromatic rings. The molecule has 130 valence electrons. The Hall–Kier alpha value is -0.830. The second kappa shape index (κ2) is 8.86. The molecule has 2 fully saturated rings. The first-order chi connectivity index (χ1) is 10.7. The molecule has 2 aliphatic rings. The summed E-state index contributed by atoms with van der Waals surface area (Å²) in [5.74, 6) is 1.67. The van der Waals surface area contributed by atoms with Gasteiger partial charge in [0.15, 0.2) is 11.7 Å². The van der Waals surface area contributed by atoms with Crippen molar-refractivity contribution in [3.8, 4) is 0 Å². The predicted octanol–water partition coefficient (Wildman–Crippen LogP) is 2.28. The van der Waals surface area contributed by atoms with Gasteiger partial charge in [-0.3, -0.25) is 9.89 Å². The van der Waals surface area contributed by atoms with Crippen LogP contribution in [0.25, 0.3) is 0 Å². The number of nitrogens with zero attached hydrogens (tertiary/aromatic N) is 3. The topological polar surface area (TPSA) is 65.7 Å². The smallest absolute Gasteiger partial charge is 0.191 e. The molecule has 1 aliphatic carbocycles. The van der Waals surface area contributed by atoms with E-state index in [0.29, 0.717) is 12.6 Å². The third-order valence-corrected chi connectivity index (χ3v) is 4.73. The molecule has 3 rings (SSSR count).